The summed E-state index contributed by atoms with van der Waals surface area (Å²) in [4.78, 5) is 5.05. The molecule has 0 N–H and O–H groups in total. The van der Waals surface area contributed by atoms with Gasteiger partial charge in [-0.1, -0.05) is 54.7 Å². The summed E-state index contributed by atoms with van der Waals surface area (Å²) in [5.41, 5.74) is 2.44. The summed E-state index contributed by atoms with van der Waals surface area (Å²) in [5.74, 6) is 0. The zero-order valence-electron chi connectivity index (χ0n) is 10.0. The van der Waals surface area contributed by atoms with Crippen LogP contribution in [0.5, 0.6) is 0 Å². The van der Waals surface area contributed by atoms with Crippen molar-refractivity contribution in [2.24, 2.45) is 4.99 Å². The van der Waals surface area contributed by atoms with Crippen LogP contribution >= 0.6 is 0 Å². The molecule has 0 radical (unpaired) electrons. The van der Waals surface area contributed by atoms with Gasteiger partial charge in [0.05, 0.1) is 5.36 Å². The molecule has 2 aliphatic carbocycles. The van der Waals surface area contributed by atoms with Crippen molar-refractivity contribution < 1.29 is 0 Å². The summed E-state index contributed by atoms with van der Waals surface area (Å²) in [6.45, 7) is 0. The SMILES string of the molecule is C1=CCC23N=c4ccccc4=CC2=CC=CC3=C1. The quantitative estimate of drug-likeness (QED) is 0.649. The fourth-order valence-electron chi connectivity index (χ4n) is 2.96. The van der Waals surface area contributed by atoms with Crippen LogP contribution in [0.15, 0.2) is 76.9 Å². The Morgan fingerprint density at radius 2 is 1.89 bits per heavy atom. The Kier molecular flexibility index (Phi) is 1.87. The van der Waals surface area contributed by atoms with Crippen LogP contribution in [0.2, 0.25) is 0 Å². The zero-order valence-corrected chi connectivity index (χ0v) is 10.0. The number of nitrogens with zero attached hydrogens (tertiary/aromatic N) is 1. The Morgan fingerprint density at radius 1 is 1.00 bits per heavy atom. The topological polar surface area (TPSA) is 12.4 Å². The van der Waals surface area contributed by atoms with Crippen LogP contribution in [-0.4, -0.2) is 5.54 Å². The molecule has 1 heterocycles. The molecule has 0 saturated carbocycles. The van der Waals surface area contributed by atoms with Crippen LogP contribution in [0.3, 0.4) is 0 Å². The minimum absolute atomic E-state index is 0.169. The fourth-order valence-corrected chi connectivity index (χ4v) is 2.96. The highest BCUT2D eigenvalue weighted by molar-refractivity contribution is 5.66. The summed E-state index contributed by atoms with van der Waals surface area (Å²) >= 11 is 0. The van der Waals surface area contributed by atoms with Gasteiger partial charge >= 0.3 is 0 Å². The number of rotatable bonds is 0. The first-order valence-electron chi connectivity index (χ1n) is 6.31. The summed E-state index contributed by atoms with van der Waals surface area (Å²) < 4.78 is 0. The lowest BCUT2D eigenvalue weighted by atomic mass is 9.73. The Bertz CT molecular complexity index is 759. The Labute approximate surface area is 106 Å². The van der Waals surface area contributed by atoms with Crippen molar-refractivity contribution in [3.63, 3.8) is 0 Å². The second-order valence-corrected chi connectivity index (χ2v) is 4.91. The summed E-state index contributed by atoms with van der Waals surface area (Å²) in [5, 5.41) is 2.32. The van der Waals surface area contributed by atoms with Crippen molar-refractivity contribution in [3.05, 3.63) is 82.4 Å². The highest BCUT2D eigenvalue weighted by Gasteiger charge is 2.38. The van der Waals surface area contributed by atoms with E-state index in [0.29, 0.717) is 0 Å². The summed E-state index contributed by atoms with van der Waals surface area (Å²) in [7, 11) is 0. The van der Waals surface area contributed by atoms with Crippen molar-refractivity contribution in [2.45, 2.75) is 12.0 Å². The third-order valence-corrected chi connectivity index (χ3v) is 3.89. The molecule has 86 valence electrons. The molecule has 0 fully saturated rings. The maximum absolute atomic E-state index is 5.05. The van der Waals surface area contributed by atoms with E-state index in [-0.39, 0.29) is 5.54 Å². The molecular formula is C17H13N. The molecule has 1 unspecified atom stereocenters. The van der Waals surface area contributed by atoms with Crippen molar-refractivity contribution in [1.82, 2.24) is 0 Å². The first-order valence-corrected chi connectivity index (χ1v) is 6.31. The second kappa shape index (κ2) is 3.42. The van der Waals surface area contributed by atoms with Gasteiger partial charge in [0.2, 0.25) is 0 Å². The van der Waals surface area contributed by atoms with Gasteiger partial charge in [-0.25, -0.2) is 0 Å². The predicted molar refractivity (Wildman–Crippen MR) is 73.5 cm³/mol. The highest BCUT2D eigenvalue weighted by Crippen LogP contribution is 2.40. The van der Waals surface area contributed by atoms with E-state index >= 15 is 0 Å². The lowest BCUT2D eigenvalue weighted by Crippen LogP contribution is -2.42. The van der Waals surface area contributed by atoms with Gasteiger partial charge < -0.3 is 0 Å². The Hall–Kier alpha value is -2.15. The maximum atomic E-state index is 5.05. The molecule has 18 heavy (non-hydrogen) atoms. The number of allylic oxidation sites excluding steroid dienone is 4. The second-order valence-electron chi connectivity index (χ2n) is 4.91. The number of fused-ring (bicyclic) bond motifs is 1. The number of hydrogen-bond acceptors (Lipinski definition) is 1. The molecule has 0 bridgehead atoms. The highest BCUT2D eigenvalue weighted by atomic mass is 14.9. The molecular weight excluding hydrogens is 218 g/mol. The van der Waals surface area contributed by atoms with E-state index < -0.39 is 0 Å². The van der Waals surface area contributed by atoms with Gasteiger partial charge in [0, 0.05) is 5.22 Å². The first kappa shape index (κ1) is 9.84. The molecule has 3 aliphatic rings. The van der Waals surface area contributed by atoms with Gasteiger partial charge in [0.15, 0.2) is 0 Å². The van der Waals surface area contributed by atoms with Gasteiger partial charge in [-0.15, -0.1) is 0 Å². The number of para-hydroxylation sites is 1. The van der Waals surface area contributed by atoms with Crippen LogP contribution in [0, 0.1) is 0 Å². The van der Waals surface area contributed by atoms with Crippen molar-refractivity contribution in [3.8, 4) is 0 Å². The third kappa shape index (κ3) is 1.19. The van der Waals surface area contributed by atoms with Gasteiger partial charge in [-0.2, -0.15) is 0 Å². The van der Waals surface area contributed by atoms with Crippen LogP contribution < -0.4 is 10.6 Å². The van der Waals surface area contributed by atoms with Crippen LogP contribution in [-0.2, 0) is 0 Å². The van der Waals surface area contributed by atoms with Gasteiger partial charge in [0.25, 0.3) is 0 Å². The number of benzene rings is 1. The zero-order chi connectivity index (χ0) is 12.0. The van der Waals surface area contributed by atoms with E-state index in [0.717, 1.165) is 11.8 Å². The van der Waals surface area contributed by atoms with Crippen LogP contribution in [0.25, 0.3) is 6.08 Å². The standard InChI is InChI=1S/C17H13N/c1-2-10-16-13(6-1)12-15-9-5-8-14-7-3-4-11-17(14,15)18-16/h1-10,12H,11H2. The molecule has 1 atom stereocenters. The molecule has 4 rings (SSSR count). The summed E-state index contributed by atoms with van der Waals surface area (Å²) in [6, 6.07) is 8.36. The van der Waals surface area contributed by atoms with Crippen LogP contribution in [0.1, 0.15) is 6.42 Å². The van der Waals surface area contributed by atoms with Crippen molar-refractivity contribution >= 4 is 6.08 Å². The van der Waals surface area contributed by atoms with E-state index in [9.17, 15) is 0 Å². The normalized spacial score (nSPS) is 26.9. The minimum Gasteiger partial charge on any atom is -0.268 e. The largest absolute Gasteiger partial charge is 0.268 e. The monoisotopic (exact) mass is 231 g/mol. The predicted octanol–water partition coefficient (Wildman–Crippen LogP) is 2.22. The maximum Gasteiger partial charge on any atom is 0.115 e. The van der Waals surface area contributed by atoms with E-state index in [1.54, 1.807) is 0 Å². The van der Waals surface area contributed by atoms with E-state index in [4.69, 9.17) is 4.99 Å². The van der Waals surface area contributed by atoms with Gasteiger partial charge in [-0.05, 0) is 29.7 Å². The molecule has 1 aromatic rings. The van der Waals surface area contributed by atoms with Crippen LogP contribution in [0.4, 0.5) is 0 Å². The molecule has 1 aromatic carbocycles. The molecule has 1 spiro atoms. The summed E-state index contributed by atoms with van der Waals surface area (Å²) in [6.07, 6.45) is 16.2. The smallest absolute Gasteiger partial charge is 0.115 e. The third-order valence-electron chi connectivity index (χ3n) is 3.89. The molecule has 0 aromatic heterocycles. The average molecular weight is 231 g/mol. The Morgan fingerprint density at radius 3 is 2.89 bits per heavy atom. The van der Waals surface area contributed by atoms with E-state index in [2.05, 4.69) is 66.8 Å². The van der Waals surface area contributed by atoms with E-state index in [1.807, 2.05) is 0 Å². The van der Waals surface area contributed by atoms with Crippen molar-refractivity contribution in [2.75, 3.05) is 0 Å². The van der Waals surface area contributed by atoms with Crippen molar-refractivity contribution in [1.29, 1.82) is 0 Å². The van der Waals surface area contributed by atoms with Gasteiger partial charge in [-0.3, -0.25) is 4.99 Å². The molecule has 0 amide bonds. The first-order chi connectivity index (χ1) is 8.88. The lowest BCUT2D eigenvalue weighted by molar-refractivity contribution is 0.589. The molecule has 1 heteroatoms. The molecule has 1 aliphatic heterocycles. The molecule has 1 nitrogen and oxygen atoms in total. The lowest BCUT2D eigenvalue weighted by Gasteiger charge is -2.36. The number of hydrogen-bond donors (Lipinski definition) is 0. The minimum atomic E-state index is -0.169. The fraction of sp³-hybridized carbons (Fsp3) is 0.118. The average Bonchev–Trinajstić information content (AvgIpc) is 2.43. The molecule has 0 saturated heterocycles. The Balaban J connectivity index is 2.09. The van der Waals surface area contributed by atoms with E-state index in [1.165, 1.54) is 16.4 Å². The van der Waals surface area contributed by atoms with Gasteiger partial charge in [0.1, 0.15) is 5.54 Å².